The molecular formula is C18H29N3O3. The summed E-state index contributed by atoms with van der Waals surface area (Å²) in [5, 5.41) is 19.7. The van der Waals surface area contributed by atoms with Gasteiger partial charge in [-0.05, 0) is 37.9 Å². The first-order valence-electron chi connectivity index (χ1n) is 8.91. The summed E-state index contributed by atoms with van der Waals surface area (Å²) < 4.78 is 5.46. The molecule has 2 unspecified atom stereocenters. The third-order valence-electron chi connectivity index (χ3n) is 5.14. The minimum Gasteiger partial charge on any atom is -0.495 e. The van der Waals surface area contributed by atoms with Crippen molar-refractivity contribution in [1.82, 2.24) is 9.80 Å². The number of nitrogens with zero attached hydrogens (tertiary/aromatic N) is 3. The number of ether oxygens (including phenoxy) is 1. The molecule has 6 heteroatoms. The Morgan fingerprint density at radius 3 is 2.33 bits per heavy atom. The van der Waals surface area contributed by atoms with Gasteiger partial charge in [0.1, 0.15) is 18.2 Å². The number of likely N-dealkylation sites (tertiary alicyclic amines) is 1. The maximum atomic E-state index is 9.84. The summed E-state index contributed by atoms with van der Waals surface area (Å²) in [7, 11) is 1.72. The molecule has 134 valence electrons. The van der Waals surface area contributed by atoms with Crippen LogP contribution in [-0.2, 0) is 0 Å². The smallest absolute Gasteiger partial charge is 0.142 e. The molecule has 0 aromatic heterocycles. The number of aliphatic hydroxyl groups excluding tert-OH is 2. The van der Waals surface area contributed by atoms with Crippen LogP contribution in [0.25, 0.3) is 0 Å². The second kappa shape index (κ2) is 8.16. The van der Waals surface area contributed by atoms with Crippen LogP contribution in [0.3, 0.4) is 0 Å². The van der Waals surface area contributed by atoms with Gasteiger partial charge in [0.05, 0.1) is 12.8 Å². The zero-order chi connectivity index (χ0) is 16.9. The van der Waals surface area contributed by atoms with Crippen molar-refractivity contribution in [2.24, 2.45) is 0 Å². The van der Waals surface area contributed by atoms with Gasteiger partial charge in [0, 0.05) is 32.7 Å². The zero-order valence-corrected chi connectivity index (χ0v) is 14.5. The fraction of sp³-hybridized carbons (Fsp3) is 0.667. The molecule has 6 nitrogen and oxygen atoms in total. The van der Waals surface area contributed by atoms with E-state index in [-0.39, 0.29) is 0 Å². The van der Waals surface area contributed by atoms with E-state index < -0.39 is 12.5 Å². The lowest BCUT2D eigenvalue weighted by atomic mass is 10.2. The number of anilines is 1. The van der Waals surface area contributed by atoms with E-state index >= 15 is 0 Å². The van der Waals surface area contributed by atoms with Crippen molar-refractivity contribution in [3.8, 4) is 5.75 Å². The molecule has 0 saturated carbocycles. The topological polar surface area (TPSA) is 59.4 Å². The molecule has 24 heavy (non-hydrogen) atoms. The first-order valence-corrected chi connectivity index (χ1v) is 8.91. The van der Waals surface area contributed by atoms with Crippen molar-refractivity contribution >= 4 is 5.69 Å². The lowest BCUT2D eigenvalue weighted by molar-refractivity contribution is -0.0541. The summed E-state index contributed by atoms with van der Waals surface area (Å²) in [5.41, 5.74) is 1.17. The SMILES string of the molecule is COc1ccccc1N1CCN(CCCN2C(O)CCC2O)CC1. The molecular weight excluding hydrogens is 306 g/mol. The third kappa shape index (κ3) is 4.00. The highest BCUT2D eigenvalue weighted by Crippen LogP contribution is 2.28. The molecule has 2 atom stereocenters. The fourth-order valence-electron chi connectivity index (χ4n) is 3.71. The molecule has 2 heterocycles. The van der Waals surface area contributed by atoms with Crippen molar-refractivity contribution in [2.45, 2.75) is 31.7 Å². The molecule has 0 aliphatic carbocycles. The second-order valence-electron chi connectivity index (χ2n) is 6.63. The summed E-state index contributed by atoms with van der Waals surface area (Å²) in [6.45, 7) is 5.82. The van der Waals surface area contributed by atoms with Gasteiger partial charge in [0.2, 0.25) is 0 Å². The Kier molecular flexibility index (Phi) is 5.94. The summed E-state index contributed by atoms with van der Waals surface area (Å²) in [4.78, 5) is 6.65. The monoisotopic (exact) mass is 335 g/mol. The minimum atomic E-state index is -0.470. The standard InChI is InChI=1S/C18H29N3O3/c1-24-16-6-3-2-5-15(16)20-13-11-19(12-14-20)9-4-10-21-17(22)7-8-18(21)23/h2-3,5-6,17-18,22-23H,4,7-14H2,1H3. The minimum absolute atomic E-state index is 0.470. The third-order valence-corrected chi connectivity index (χ3v) is 5.14. The van der Waals surface area contributed by atoms with E-state index in [4.69, 9.17) is 4.74 Å². The number of aliphatic hydroxyl groups is 2. The highest BCUT2D eigenvalue weighted by Gasteiger charge is 2.30. The van der Waals surface area contributed by atoms with Crippen LogP contribution in [0.5, 0.6) is 5.75 Å². The molecule has 2 saturated heterocycles. The number of hydrogen-bond acceptors (Lipinski definition) is 6. The summed E-state index contributed by atoms with van der Waals surface area (Å²) >= 11 is 0. The summed E-state index contributed by atoms with van der Waals surface area (Å²) in [6, 6.07) is 8.18. The predicted octanol–water partition coefficient (Wildman–Crippen LogP) is 0.940. The van der Waals surface area contributed by atoms with Gasteiger partial charge in [-0.2, -0.15) is 0 Å². The van der Waals surface area contributed by atoms with E-state index in [2.05, 4.69) is 21.9 Å². The number of piperazine rings is 1. The average molecular weight is 335 g/mol. The molecule has 2 aliphatic heterocycles. The zero-order valence-electron chi connectivity index (χ0n) is 14.5. The van der Waals surface area contributed by atoms with Crippen LogP contribution in [0.4, 0.5) is 5.69 Å². The molecule has 2 N–H and O–H groups in total. The number of rotatable bonds is 6. The van der Waals surface area contributed by atoms with Gasteiger partial charge in [0.15, 0.2) is 0 Å². The van der Waals surface area contributed by atoms with Crippen molar-refractivity contribution in [3.63, 3.8) is 0 Å². The highest BCUT2D eigenvalue weighted by atomic mass is 16.5. The first-order chi connectivity index (χ1) is 11.7. The lowest BCUT2D eigenvalue weighted by Crippen LogP contribution is -2.47. The number of para-hydroxylation sites is 2. The maximum absolute atomic E-state index is 9.84. The normalized spacial score (nSPS) is 26.0. The van der Waals surface area contributed by atoms with Crippen molar-refractivity contribution < 1.29 is 14.9 Å². The fourth-order valence-corrected chi connectivity index (χ4v) is 3.71. The van der Waals surface area contributed by atoms with Crippen molar-refractivity contribution in [3.05, 3.63) is 24.3 Å². The Balaban J connectivity index is 1.42. The van der Waals surface area contributed by atoms with Gasteiger partial charge in [-0.25, -0.2) is 0 Å². The van der Waals surface area contributed by atoms with Gasteiger partial charge in [-0.3, -0.25) is 9.80 Å². The van der Waals surface area contributed by atoms with E-state index in [0.29, 0.717) is 12.8 Å². The van der Waals surface area contributed by atoms with Crippen LogP contribution in [-0.4, -0.2) is 78.8 Å². The molecule has 2 aliphatic rings. The Labute approximate surface area is 144 Å². The number of methoxy groups -OCH3 is 1. The Hall–Kier alpha value is -1.34. The van der Waals surface area contributed by atoms with E-state index in [9.17, 15) is 10.2 Å². The molecule has 0 spiro atoms. The van der Waals surface area contributed by atoms with Crippen LogP contribution < -0.4 is 9.64 Å². The van der Waals surface area contributed by atoms with Crippen molar-refractivity contribution in [2.75, 3.05) is 51.3 Å². The van der Waals surface area contributed by atoms with Gasteiger partial charge < -0.3 is 19.8 Å². The average Bonchev–Trinajstić information content (AvgIpc) is 2.94. The Morgan fingerprint density at radius 1 is 1.00 bits per heavy atom. The first kappa shape index (κ1) is 17.5. The Morgan fingerprint density at radius 2 is 1.67 bits per heavy atom. The van der Waals surface area contributed by atoms with Gasteiger partial charge in [-0.1, -0.05) is 12.1 Å². The van der Waals surface area contributed by atoms with E-state index in [1.165, 1.54) is 5.69 Å². The van der Waals surface area contributed by atoms with Crippen LogP contribution in [0.2, 0.25) is 0 Å². The van der Waals surface area contributed by atoms with Crippen LogP contribution in [0, 0.1) is 0 Å². The molecule has 0 amide bonds. The van der Waals surface area contributed by atoms with Crippen LogP contribution in [0.1, 0.15) is 19.3 Å². The van der Waals surface area contributed by atoms with E-state index in [0.717, 1.165) is 51.4 Å². The van der Waals surface area contributed by atoms with Crippen molar-refractivity contribution in [1.29, 1.82) is 0 Å². The van der Waals surface area contributed by atoms with Crippen LogP contribution in [0.15, 0.2) is 24.3 Å². The van der Waals surface area contributed by atoms with Gasteiger partial charge in [-0.15, -0.1) is 0 Å². The highest BCUT2D eigenvalue weighted by molar-refractivity contribution is 5.58. The molecule has 1 aromatic carbocycles. The molecule has 0 radical (unpaired) electrons. The van der Waals surface area contributed by atoms with Gasteiger partial charge >= 0.3 is 0 Å². The van der Waals surface area contributed by atoms with E-state index in [1.807, 2.05) is 17.0 Å². The largest absolute Gasteiger partial charge is 0.495 e. The summed E-state index contributed by atoms with van der Waals surface area (Å²) in [5.74, 6) is 0.933. The van der Waals surface area contributed by atoms with Crippen LogP contribution >= 0.6 is 0 Å². The molecule has 1 aromatic rings. The lowest BCUT2D eigenvalue weighted by Gasteiger charge is -2.37. The second-order valence-corrected chi connectivity index (χ2v) is 6.63. The predicted molar refractivity (Wildman–Crippen MR) is 94.2 cm³/mol. The van der Waals surface area contributed by atoms with Gasteiger partial charge in [0.25, 0.3) is 0 Å². The maximum Gasteiger partial charge on any atom is 0.142 e. The molecule has 2 fully saturated rings. The molecule has 3 rings (SSSR count). The molecule has 0 bridgehead atoms. The quantitative estimate of drug-likeness (QED) is 0.807. The van der Waals surface area contributed by atoms with E-state index in [1.54, 1.807) is 7.11 Å². The summed E-state index contributed by atoms with van der Waals surface area (Å²) in [6.07, 6.45) is 1.39. The number of hydrogen-bond donors (Lipinski definition) is 2. The Bertz CT molecular complexity index is 510. The number of benzene rings is 1.